The fraction of sp³-hybridized carbons (Fsp3) is 0.267. The van der Waals surface area contributed by atoms with Crippen LogP contribution >= 0.6 is 15.9 Å². The zero-order valence-corrected chi connectivity index (χ0v) is 13.0. The number of rotatable bonds is 5. The summed E-state index contributed by atoms with van der Waals surface area (Å²) in [5.74, 6) is 0.664. The second-order valence-corrected chi connectivity index (χ2v) is 5.39. The van der Waals surface area contributed by atoms with Crippen LogP contribution in [-0.4, -0.2) is 11.9 Å². The van der Waals surface area contributed by atoms with Gasteiger partial charge in [-0.15, -0.1) is 0 Å². The second-order valence-electron chi connectivity index (χ2n) is 4.60. The summed E-state index contributed by atoms with van der Waals surface area (Å²) in [6, 6.07) is 9.20. The van der Waals surface area contributed by atoms with Crippen LogP contribution in [0.1, 0.15) is 18.2 Å². The van der Waals surface area contributed by atoms with Gasteiger partial charge in [0.05, 0.1) is 12.8 Å². The third-order valence-electron chi connectivity index (χ3n) is 2.97. The maximum atomic E-state index is 12.0. The number of nitrogens with one attached hydrogen (secondary N) is 2. The Morgan fingerprint density at radius 3 is 2.85 bits per heavy atom. The van der Waals surface area contributed by atoms with E-state index in [-0.39, 0.29) is 11.9 Å². The SMILES string of the molecule is Cc1cccc(NC(C)C(=O)NCc2ccco2)c1Br. The summed E-state index contributed by atoms with van der Waals surface area (Å²) in [5, 5.41) is 6.02. The first-order valence-corrected chi connectivity index (χ1v) is 7.19. The summed E-state index contributed by atoms with van der Waals surface area (Å²) in [6.45, 7) is 4.23. The molecule has 0 saturated carbocycles. The predicted octanol–water partition coefficient (Wildman–Crippen LogP) is 3.47. The summed E-state index contributed by atoms with van der Waals surface area (Å²) in [4.78, 5) is 12.0. The molecule has 1 aromatic carbocycles. The molecule has 1 heterocycles. The van der Waals surface area contributed by atoms with E-state index in [2.05, 4.69) is 26.6 Å². The summed E-state index contributed by atoms with van der Waals surface area (Å²) >= 11 is 3.52. The topological polar surface area (TPSA) is 54.3 Å². The number of aryl methyl sites for hydroxylation is 1. The van der Waals surface area contributed by atoms with E-state index in [1.165, 1.54) is 0 Å². The van der Waals surface area contributed by atoms with Gasteiger partial charge in [0.2, 0.25) is 5.91 Å². The molecule has 0 aliphatic rings. The average Bonchev–Trinajstić information content (AvgIpc) is 2.94. The van der Waals surface area contributed by atoms with E-state index in [9.17, 15) is 4.79 Å². The van der Waals surface area contributed by atoms with Crippen molar-refractivity contribution in [2.45, 2.75) is 26.4 Å². The lowest BCUT2D eigenvalue weighted by molar-refractivity contribution is -0.121. The standard InChI is InChI=1S/C15H17BrN2O2/c1-10-5-3-7-13(14(10)16)18-11(2)15(19)17-9-12-6-4-8-20-12/h3-8,11,18H,9H2,1-2H3,(H,17,19). The highest BCUT2D eigenvalue weighted by molar-refractivity contribution is 9.10. The molecule has 0 saturated heterocycles. The zero-order valence-electron chi connectivity index (χ0n) is 11.4. The molecule has 0 spiro atoms. The van der Waals surface area contributed by atoms with Gasteiger partial charge >= 0.3 is 0 Å². The Hall–Kier alpha value is -1.75. The number of amides is 1. The monoisotopic (exact) mass is 336 g/mol. The zero-order chi connectivity index (χ0) is 14.5. The minimum absolute atomic E-state index is 0.0743. The maximum Gasteiger partial charge on any atom is 0.242 e. The molecule has 0 bridgehead atoms. The number of hydrogen-bond acceptors (Lipinski definition) is 3. The molecule has 2 aromatic rings. The molecule has 0 aliphatic heterocycles. The number of carbonyl (C=O) groups excluding carboxylic acids is 1. The van der Waals surface area contributed by atoms with Gasteiger partial charge in [0.15, 0.2) is 0 Å². The molecule has 0 fully saturated rings. The van der Waals surface area contributed by atoms with E-state index in [4.69, 9.17) is 4.42 Å². The van der Waals surface area contributed by atoms with Crippen molar-refractivity contribution in [1.82, 2.24) is 5.32 Å². The van der Waals surface area contributed by atoms with Crippen molar-refractivity contribution in [2.24, 2.45) is 0 Å². The van der Waals surface area contributed by atoms with Crippen molar-refractivity contribution in [3.05, 3.63) is 52.4 Å². The van der Waals surface area contributed by atoms with Gasteiger partial charge in [0.1, 0.15) is 11.8 Å². The number of halogens is 1. The van der Waals surface area contributed by atoms with E-state index in [1.54, 1.807) is 12.3 Å². The summed E-state index contributed by atoms with van der Waals surface area (Å²) in [6.07, 6.45) is 1.59. The van der Waals surface area contributed by atoms with Crippen molar-refractivity contribution < 1.29 is 9.21 Å². The highest BCUT2D eigenvalue weighted by Gasteiger charge is 2.14. The van der Waals surface area contributed by atoms with Crippen molar-refractivity contribution in [2.75, 3.05) is 5.32 Å². The highest BCUT2D eigenvalue weighted by atomic mass is 79.9. The van der Waals surface area contributed by atoms with Crippen molar-refractivity contribution in [1.29, 1.82) is 0 Å². The molecule has 1 amide bonds. The fourth-order valence-electron chi connectivity index (χ4n) is 1.80. The molecule has 2 rings (SSSR count). The molecular weight excluding hydrogens is 320 g/mol. The molecule has 20 heavy (non-hydrogen) atoms. The number of hydrogen-bond donors (Lipinski definition) is 2. The molecule has 2 N–H and O–H groups in total. The Labute approximate surface area is 126 Å². The van der Waals surface area contributed by atoms with Gasteiger partial charge in [0, 0.05) is 10.2 Å². The smallest absolute Gasteiger partial charge is 0.242 e. The first-order chi connectivity index (χ1) is 9.58. The van der Waals surface area contributed by atoms with Crippen molar-refractivity contribution in [3.63, 3.8) is 0 Å². The van der Waals surface area contributed by atoms with E-state index < -0.39 is 0 Å². The minimum atomic E-state index is -0.330. The van der Waals surface area contributed by atoms with Crippen molar-refractivity contribution >= 4 is 27.5 Å². The van der Waals surface area contributed by atoms with Crippen molar-refractivity contribution in [3.8, 4) is 0 Å². The van der Waals surface area contributed by atoms with E-state index in [0.29, 0.717) is 6.54 Å². The molecule has 4 nitrogen and oxygen atoms in total. The molecule has 0 radical (unpaired) electrons. The number of anilines is 1. The first-order valence-electron chi connectivity index (χ1n) is 6.39. The van der Waals surface area contributed by atoms with E-state index >= 15 is 0 Å². The average molecular weight is 337 g/mol. The quantitative estimate of drug-likeness (QED) is 0.878. The van der Waals surface area contributed by atoms with Crippen LogP contribution in [0.3, 0.4) is 0 Å². The van der Waals surface area contributed by atoms with Gasteiger partial charge in [-0.1, -0.05) is 12.1 Å². The van der Waals surface area contributed by atoms with Gasteiger partial charge in [-0.05, 0) is 53.5 Å². The lowest BCUT2D eigenvalue weighted by Gasteiger charge is -2.16. The lowest BCUT2D eigenvalue weighted by Crippen LogP contribution is -2.37. The fourth-order valence-corrected chi connectivity index (χ4v) is 2.18. The first kappa shape index (κ1) is 14.7. The number of benzene rings is 1. The van der Waals surface area contributed by atoms with Crippen LogP contribution in [0.25, 0.3) is 0 Å². The summed E-state index contributed by atoms with van der Waals surface area (Å²) in [5.41, 5.74) is 2.03. The third-order valence-corrected chi connectivity index (χ3v) is 4.03. The second kappa shape index (κ2) is 6.61. The molecular formula is C15H17BrN2O2. The van der Waals surface area contributed by atoms with E-state index in [1.807, 2.05) is 38.1 Å². The normalized spacial score (nSPS) is 11.9. The molecule has 5 heteroatoms. The molecule has 1 aromatic heterocycles. The Morgan fingerprint density at radius 1 is 1.35 bits per heavy atom. The number of carbonyl (C=O) groups is 1. The van der Waals surface area contributed by atoms with Crippen LogP contribution in [-0.2, 0) is 11.3 Å². The van der Waals surface area contributed by atoms with Crippen LogP contribution in [0.5, 0.6) is 0 Å². The lowest BCUT2D eigenvalue weighted by atomic mass is 10.2. The van der Waals surface area contributed by atoms with Gasteiger partial charge < -0.3 is 15.1 Å². The van der Waals surface area contributed by atoms with Crippen LogP contribution in [0, 0.1) is 6.92 Å². The summed E-state index contributed by atoms with van der Waals surface area (Å²) < 4.78 is 6.15. The summed E-state index contributed by atoms with van der Waals surface area (Å²) in [7, 11) is 0. The highest BCUT2D eigenvalue weighted by Crippen LogP contribution is 2.26. The van der Waals surface area contributed by atoms with Crippen LogP contribution in [0.15, 0.2) is 45.5 Å². The van der Waals surface area contributed by atoms with Gasteiger partial charge in [-0.25, -0.2) is 0 Å². The third kappa shape index (κ3) is 3.63. The maximum absolute atomic E-state index is 12.0. The van der Waals surface area contributed by atoms with Crippen LogP contribution in [0.4, 0.5) is 5.69 Å². The van der Waals surface area contributed by atoms with Gasteiger partial charge in [-0.2, -0.15) is 0 Å². The number of furan rings is 1. The van der Waals surface area contributed by atoms with E-state index in [0.717, 1.165) is 21.5 Å². The Balaban J connectivity index is 1.92. The minimum Gasteiger partial charge on any atom is -0.467 e. The largest absolute Gasteiger partial charge is 0.467 e. The molecule has 106 valence electrons. The van der Waals surface area contributed by atoms with Gasteiger partial charge in [0.25, 0.3) is 0 Å². The molecule has 1 unspecified atom stereocenters. The van der Waals surface area contributed by atoms with Crippen LogP contribution < -0.4 is 10.6 Å². The van der Waals surface area contributed by atoms with Gasteiger partial charge in [-0.3, -0.25) is 4.79 Å². The Morgan fingerprint density at radius 2 is 2.15 bits per heavy atom. The Bertz CT molecular complexity index is 582. The molecule has 1 atom stereocenters. The molecule has 0 aliphatic carbocycles. The Kier molecular flexibility index (Phi) is 4.84. The predicted molar refractivity (Wildman–Crippen MR) is 82.5 cm³/mol. The van der Waals surface area contributed by atoms with Crippen LogP contribution in [0.2, 0.25) is 0 Å².